The first-order valence-electron chi connectivity index (χ1n) is 5.84. The summed E-state index contributed by atoms with van der Waals surface area (Å²) in [6.45, 7) is 0. The zero-order chi connectivity index (χ0) is 13.2. The number of rotatable bonds is 3. The lowest BCUT2D eigenvalue weighted by atomic mass is 10.3. The van der Waals surface area contributed by atoms with Gasteiger partial charge in [-0.3, -0.25) is 0 Å². The van der Waals surface area contributed by atoms with Crippen molar-refractivity contribution in [3.63, 3.8) is 0 Å². The van der Waals surface area contributed by atoms with Crippen molar-refractivity contribution >= 4 is 16.9 Å². The van der Waals surface area contributed by atoms with Crippen molar-refractivity contribution in [1.82, 2.24) is 19.7 Å². The van der Waals surface area contributed by atoms with E-state index in [4.69, 9.17) is 4.74 Å². The zero-order valence-corrected chi connectivity index (χ0v) is 10.7. The normalized spacial score (nSPS) is 10.6. The molecule has 0 aliphatic heterocycles. The van der Waals surface area contributed by atoms with Crippen LogP contribution in [0, 0.1) is 0 Å². The van der Waals surface area contributed by atoms with Crippen LogP contribution in [0.25, 0.3) is 16.7 Å². The van der Waals surface area contributed by atoms with Crippen molar-refractivity contribution < 1.29 is 4.74 Å². The van der Waals surface area contributed by atoms with E-state index in [2.05, 4.69) is 20.4 Å². The fraction of sp³-hybridized carbons (Fsp3) is 0.154. The molecule has 0 amide bonds. The Labute approximate surface area is 110 Å². The molecule has 0 bridgehead atoms. The van der Waals surface area contributed by atoms with Crippen LogP contribution in [0.2, 0.25) is 0 Å². The van der Waals surface area contributed by atoms with Crippen LogP contribution in [0.4, 0.5) is 5.82 Å². The smallest absolute Gasteiger partial charge is 0.168 e. The second-order valence-corrected chi connectivity index (χ2v) is 3.96. The van der Waals surface area contributed by atoms with E-state index in [1.165, 1.54) is 6.33 Å². The summed E-state index contributed by atoms with van der Waals surface area (Å²) in [5.41, 5.74) is 1.70. The monoisotopic (exact) mass is 255 g/mol. The maximum Gasteiger partial charge on any atom is 0.168 e. The molecule has 0 unspecified atom stereocenters. The predicted octanol–water partition coefficient (Wildman–Crippen LogP) is 1.87. The fourth-order valence-corrected chi connectivity index (χ4v) is 1.96. The largest absolute Gasteiger partial charge is 0.497 e. The molecule has 0 saturated heterocycles. The van der Waals surface area contributed by atoms with Gasteiger partial charge in [-0.15, -0.1) is 0 Å². The molecule has 0 spiro atoms. The number of nitrogens with one attached hydrogen (secondary N) is 1. The number of hydrogen-bond acceptors (Lipinski definition) is 5. The van der Waals surface area contributed by atoms with Crippen LogP contribution >= 0.6 is 0 Å². The van der Waals surface area contributed by atoms with E-state index in [0.717, 1.165) is 28.3 Å². The van der Waals surface area contributed by atoms with Crippen LogP contribution in [0.1, 0.15) is 0 Å². The van der Waals surface area contributed by atoms with Crippen LogP contribution in [0.15, 0.2) is 36.8 Å². The lowest BCUT2D eigenvalue weighted by molar-refractivity contribution is 0.414. The van der Waals surface area contributed by atoms with Gasteiger partial charge in [-0.2, -0.15) is 5.10 Å². The van der Waals surface area contributed by atoms with Crippen LogP contribution in [0.3, 0.4) is 0 Å². The van der Waals surface area contributed by atoms with Gasteiger partial charge >= 0.3 is 0 Å². The minimum atomic E-state index is 0.768. The number of nitrogens with zero attached hydrogens (tertiary/aromatic N) is 4. The highest BCUT2D eigenvalue weighted by molar-refractivity contribution is 5.86. The van der Waals surface area contributed by atoms with E-state index < -0.39 is 0 Å². The van der Waals surface area contributed by atoms with Crippen molar-refractivity contribution in [2.24, 2.45) is 0 Å². The van der Waals surface area contributed by atoms with Crippen LogP contribution in [-0.2, 0) is 0 Å². The zero-order valence-electron chi connectivity index (χ0n) is 10.7. The minimum Gasteiger partial charge on any atom is -0.497 e. The van der Waals surface area contributed by atoms with Gasteiger partial charge < -0.3 is 10.1 Å². The Hall–Kier alpha value is -2.63. The molecule has 0 radical (unpaired) electrons. The Morgan fingerprint density at radius 3 is 2.63 bits per heavy atom. The molecule has 6 nitrogen and oxygen atoms in total. The van der Waals surface area contributed by atoms with Crippen molar-refractivity contribution in [3.05, 3.63) is 36.8 Å². The summed E-state index contributed by atoms with van der Waals surface area (Å²) in [5, 5.41) is 8.28. The number of methoxy groups -OCH3 is 1. The summed E-state index contributed by atoms with van der Waals surface area (Å²) in [5.74, 6) is 1.58. The number of anilines is 1. The molecule has 3 rings (SSSR count). The molecule has 1 aromatic carbocycles. The standard InChI is InChI=1S/C13H13N5O/c1-14-12-11-7-17-18(13(11)16-8-15-12)9-3-5-10(19-2)6-4-9/h3-8H,1-2H3,(H,14,15,16). The Morgan fingerprint density at radius 1 is 1.16 bits per heavy atom. The third-order valence-electron chi connectivity index (χ3n) is 2.92. The summed E-state index contributed by atoms with van der Waals surface area (Å²) in [4.78, 5) is 8.45. The second-order valence-electron chi connectivity index (χ2n) is 3.96. The Balaban J connectivity index is 2.14. The van der Waals surface area contributed by atoms with E-state index in [1.54, 1.807) is 18.0 Å². The van der Waals surface area contributed by atoms with Crippen molar-refractivity contribution in [3.8, 4) is 11.4 Å². The maximum absolute atomic E-state index is 5.15. The summed E-state index contributed by atoms with van der Waals surface area (Å²) in [7, 11) is 3.47. The summed E-state index contributed by atoms with van der Waals surface area (Å²) in [6, 6.07) is 7.66. The number of fused-ring (bicyclic) bond motifs is 1. The van der Waals surface area contributed by atoms with Gasteiger partial charge in [-0.1, -0.05) is 0 Å². The van der Waals surface area contributed by atoms with Gasteiger partial charge in [0.2, 0.25) is 0 Å². The van der Waals surface area contributed by atoms with Crippen LogP contribution in [0.5, 0.6) is 5.75 Å². The molecule has 6 heteroatoms. The highest BCUT2D eigenvalue weighted by atomic mass is 16.5. The van der Waals surface area contributed by atoms with E-state index in [1.807, 2.05) is 31.3 Å². The Bertz CT molecular complexity index is 705. The average molecular weight is 255 g/mol. The molecule has 0 aliphatic carbocycles. The quantitative estimate of drug-likeness (QED) is 0.774. The van der Waals surface area contributed by atoms with E-state index in [0.29, 0.717) is 0 Å². The molecule has 0 fully saturated rings. The molecule has 0 aliphatic rings. The predicted molar refractivity (Wildman–Crippen MR) is 72.8 cm³/mol. The highest BCUT2D eigenvalue weighted by Gasteiger charge is 2.09. The number of ether oxygens (including phenoxy) is 1. The lowest BCUT2D eigenvalue weighted by Gasteiger charge is -2.05. The first kappa shape index (κ1) is 11.5. The number of aromatic nitrogens is 4. The van der Waals surface area contributed by atoms with Gasteiger partial charge in [-0.05, 0) is 24.3 Å². The average Bonchev–Trinajstić information content (AvgIpc) is 2.91. The van der Waals surface area contributed by atoms with Crippen molar-refractivity contribution in [1.29, 1.82) is 0 Å². The molecular formula is C13H13N5O. The molecule has 96 valence electrons. The lowest BCUT2D eigenvalue weighted by Crippen LogP contribution is -1.99. The van der Waals surface area contributed by atoms with Gasteiger partial charge in [0.05, 0.1) is 24.4 Å². The SMILES string of the molecule is CNc1ncnc2c1cnn2-c1ccc(OC)cc1. The molecule has 0 atom stereocenters. The van der Waals surface area contributed by atoms with Gasteiger partial charge in [0.25, 0.3) is 0 Å². The molecule has 3 aromatic rings. The van der Waals surface area contributed by atoms with Gasteiger partial charge in [0, 0.05) is 7.05 Å². The second kappa shape index (κ2) is 4.56. The van der Waals surface area contributed by atoms with Crippen molar-refractivity contribution in [2.45, 2.75) is 0 Å². The summed E-state index contributed by atoms with van der Waals surface area (Å²) >= 11 is 0. The molecule has 2 aromatic heterocycles. The van der Waals surface area contributed by atoms with Gasteiger partial charge in [-0.25, -0.2) is 14.6 Å². The molecule has 19 heavy (non-hydrogen) atoms. The van der Waals surface area contributed by atoms with E-state index in [-0.39, 0.29) is 0 Å². The summed E-state index contributed by atoms with van der Waals surface area (Å²) in [6.07, 6.45) is 3.28. The molecule has 2 heterocycles. The third-order valence-corrected chi connectivity index (χ3v) is 2.92. The van der Waals surface area contributed by atoms with Crippen LogP contribution < -0.4 is 10.1 Å². The molecular weight excluding hydrogens is 242 g/mol. The van der Waals surface area contributed by atoms with E-state index in [9.17, 15) is 0 Å². The maximum atomic E-state index is 5.15. The first-order chi connectivity index (χ1) is 9.33. The summed E-state index contributed by atoms with van der Waals surface area (Å²) < 4.78 is 6.92. The topological polar surface area (TPSA) is 64.9 Å². The number of hydrogen-bond donors (Lipinski definition) is 1. The first-order valence-corrected chi connectivity index (χ1v) is 5.84. The Morgan fingerprint density at radius 2 is 1.95 bits per heavy atom. The third kappa shape index (κ3) is 1.87. The minimum absolute atomic E-state index is 0.768. The van der Waals surface area contributed by atoms with Crippen LogP contribution in [-0.4, -0.2) is 33.9 Å². The fourth-order valence-electron chi connectivity index (χ4n) is 1.96. The molecule has 1 N–H and O–H groups in total. The number of benzene rings is 1. The van der Waals surface area contributed by atoms with Gasteiger partial charge in [0.15, 0.2) is 5.65 Å². The van der Waals surface area contributed by atoms with Gasteiger partial charge in [0.1, 0.15) is 17.9 Å². The highest BCUT2D eigenvalue weighted by Crippen LogP contribution is 2.22. The molecule has 0 saturated carbocycles. The Kier molecular flexibility index (Phi) is 2.75. The van der Waals surface area contributed by atoms with E-state index >= 15 is 0 Å². The van der Waals surface area contributed by atoms with Crippen molar-refractivity contribution in [2.75, 3.05) is 19.5 Å².